The smallest absolute Gasteiger partial charge is 0.313 e. The number of piperidine rings is 1. The zero-order valence-corrected chi connectivity index (χ0v) is 19.1. The number of rotatable bonds is 9. The van der Waals surface area contributed by atoms with Gasteiger partial charge in [-0.15, -0.1) is 0 Å². The first-order valence-electron chi connectivity index (χ1n) is 10.4. The molecule has 162 valence electrons. The molecule has 1 N–H and O–H groups in total. The summed E-state index contributed by atoms with van der Waals surface area (Å²) >= 11 is 12.1. The van der Waals surface area contributed by atoms with Crippen LogP contribution in [-0.2, 0) is 15.0 Å². The molecule has 5 nitrogen and oxygen atoms in total. The highest BCUT2D eigenvalue weighted by molar-refractivity contribution is 6.42. The predicted octanol–water partition coefficient (Wildman–Crippen LogP) is 4.84. The van der Waals surface area contributed by atoms with Crippen LogP contribution in [0, 0.1) is 0 Å². The van der Waals surface area contributed by atoms with Crippen LogP contribution in [0.25, 0.3) is 0 Å². The number of carbonyl (C=O) groups excluding carboxylic acids is 1. The molecule has 29 heavy (non-hydrogen) atoms. The summed E-state index contributed by atoms with van der Waals surface area (Å²) in [7, 11) is 0. The predicted molar refractivity (Wildman–Crippen MR) is 118 cm³/mol. The minimum absolute atomic E-state index is 0.148. The number of amides is 1. The van der Waals surface area contributed by atoms with E-state index in [1.807, 2.05) is 4.90 Å². The second-order valence-electron chi connectivity index (χ2n) is 8.15. The molecule has 1 saturated heterocycles. The molecule has 1 aromatic rings. The van der Waals surface area contributed by atoms with Crippen molar-refractivity contribution in [2.75, 3.05) is 26.2 Å². The van der Waals surface area contributed by atoms with Crippen molar-refractivity contribution in [2.45, 2.75) is 64.3 Å². The zero-order chi connectivity index (χ0) is 21.6. The lowest BCUT2D eigenvalue weighted by molar-refractivity contribution is -0.143. The van der Waals surface area contributed by atoms with Crippen LogP contribution in [0.15, 0.2) is 18.2 Å². The molecule has 0 radical (unpaired) electrons. The van der Waals surface area contributed by atoms with E-state index in [-0.39, 0.29) is 11.9 Å². The Kier molecular flexibility index (Phi) is 8.80. The van der Waals surface area contributed by atoms with Crippen molar-refractivity contribution >= 4 is 35.1 Å². The van der Waals surface area contributed by atoms with Gasteiger partial charge in [-0.3, -0.25) is 9.59 Å². The number of carboxylic acids is 1. The van der Waals surface area contributed by atoms with Gasteiger partial charge in [-0.05, 0) is 56.8 Å². The second kappa shape index (κ2) is 10.6. The van der Waals surface area contributed by atoms with Gasteiger partial charge in [-0.2, -0.15) is 0 Å². The molecule has 1 aromatic carbocycles. The van der Waals surface area contributed by atoms with Crippen LogP contribution in [-0.4, -0.2) is 59.0 Å². The van der Waals surface area contributed by atoms with Crippen LogP contribution in [0.1, 0.15) is 58.4 Å². The Labute approximate surface area is 184 Å². The van der Waals surface area contributed by atoms with Crippen LogP contribution in [0.4, 0.5) is 0 Å². The summed E-state index contributed by atoms with van der Waals surface area (Å²) < 4.78 is 0. The van der Waals surface area contributed by atoms with Gasteiger partial charge in [0.15, 0.2) is 0 Å². The summed E-state index contributed by atoms with van der Waals surface area (Å²) in [4.78, 5) is 28.4. The van der Waals surface area contributed by atoms with Gasteiger partial charge in [0.2, 0.25) is 5.91 Å². The maximum Gasteiger partial charge on any atom is 0.313 e. The lowest BCUT2D eigenvalue weighted by Gasteiger charge is -2.39. The summed E-state index contributed by atoms with van der Waals surface area (Å²) in [6.45, 7) is 8.78. The van der Waals surface area contributed by atoms with E-state index >= 15 is 0 Å². The van der Waals surface area contributed by atoms with Gasteiger partial charge in [0, 0.05) is 32.6 Å². The van der Waals surface area contributed by atoms with Crippen molar-refractivity contribution < 1.29 is 14.7 Å². The molecule has 1 amide bonds. The molecule has 0 saturated carbocycles. The Morgan fingerprint density at radius 3 is 2.41 bits per heavy atom. The minimum atomic E-state index is -1.03. The number of aliphatic carboxylic acids is 1. The van der Waals surface area contributed by atoms with E-state index in [9.17, 15) is 14.7 Å². The molecule has 1 heterocycles. The SMILES string of the molecule is CCCCN(C(C)=O)C1CCN(CCC(C)(C(=O)O)c2ccc(Cl)c(Cl)c2)CC1. The van der Waals surface area contributed by atoms with E-state index in [0.717, 1.165) is 45.3 Å². The molecule has 1 unspecified atom stereocenters. The normalized spacial score (nSPS) is 17.7. The fourth-order valence-corrected chi connectivity index (χ4v) is 4.27. The Hall–Kier alpha value is -1.30. The third-order valence-electron chi connectivity index (χ3n) is 6.11. The second-order valence-corrected chi connectivity index (χ2v) is 8.97. The highest BCUT2D eigenvalue weighted by Crippen LogP contribution is 2.33. The maximum atomic E-state index is 12.1. The van der Waals surface area contributed by atoms with E-state index in [4.69, 9.17) is 23.2 Å². The highest BCUT2D eigenvalue weighted by Gasteiger charge is 2.36. The number of carbonyl (C=O) groups is 2. The first-order valence-corrected chi connectivity index (χ1v) is 11.1. The molecule has 7 heteroatoms. The van der Waals surface area contributed by atoms with Gasteiger partial charge < -0.3 is 14.9 Å². The maximum absolute atomic E-state index is 12.1. The van der Waals surface area contributed by atoms with Crippen molar-refractivity contribution in [1.29, 1.82) is 0 Å². The van der Waals surface area contributed by atoms with Gasteiger partial charge in [-0.25, -0.2) is 0 Å². The number of unbranched alkanes of at least 4 members (excludes halogenated alkanes) is 1. The number of benzene rings is 1. The number of halogens is 2. The Morgan fingerprint density at radius 2 is 1.90 bits per heavy atom. The van der Waals surface area contributed by atoms with Gasteiger partial charge >= 0.3 is 5.97 Å². The van der Waals surface area contributed by atoms with E-state index in [2.05, 4.69) is 11.8 Å². The number of nitrogens with zero attached hydrogens (tertiary/aromatic N) is 2. The van der Waals surface area contributed by atoms with E-state index in [1.165, 1.54) is 0 Å². The van der Waals surface area contributed by atoms with Crippen molar-refractivity contribution in [3.8, 4) is 0 Å². The summed E-state index contributed by atoms with van der Waals surface area (Å²) in [5.74, 6) is -0.719. The first-order chi connectivity index (χ1) is 13.7. The quantitative estimate of drug-likeness (QED) is 0.594. The van der Waals surface area contributed by atoms with Crippen molar-refractivity contribution in [2.24, 2.45) is 0 Å². The fraction of sp³-hybridized carbons (Fsp3) is 0.636. The number of hydrogen-bond donors (Lipinski definition) is 1. The Bertz CT molecular complexity index is 720. The lowest BCUT2D eigenvalue weighted by Crippen LogP contribution is -2.48. The van der Waals surface area contributed by atoms with Crippen LogP contribution < -0.4 is 0 Å². The van der Waals surface area contributed by atoms with Gasteiger partial charge in [0.05, 0.1) is 15.5 Å². The number of likely N-dealkylation sites (tertiary alicyclic amines) is 1. The highest BCUT2D eigenvalue weighted by atomic mass is 35.5. The summed E-state index contributed by atoms with van der Waals surface area (Å²) in [6.07, 6.45) is 4.45. The topological polar surface area (TPSA) is 60.9 Å². The Balaban J connectivity index is 1.97. The first kappa shape index (κ1) is 24.0. The molecular formula is C22H32Cl2N2O3. The summed E-state index contributed by atoms with van der Waals surface area (Å²) in [5, 5.41) is 10.7. The molecule has 0 aromatic heterocycles. The number of carboxylic acid groups (broad SMARTS) is 1. The molecule has 1 atom stereocenters. The van der Waals surface area contributed by atoms with Crippen LogP contribution in [0.3, 0.4) is 0 Å². The molecule has 2 rings (SSSR count). The molecule has 1 aliphatic rings. The van der Waals surface area contributed by atoms with Crippen LogP contribution in [0.5, 0.6) is 0 Å². The van der Waals surface area contributed by atoms with E-state index < -0.39 is 11.4 Å². The molecule has 0 aliphatic carbocycles. The van der Waals surface area contributed by atoms with Gasteiger partial charge in [0.25, 0.3) is 0 Å². The summed E-state index contributed by atoms with van der Waals surface area (Å²) in [5.41, 5.74) is -0.367. The monoisotopic (exact) mass is 442 g/mol. The largest absolute Gasteiger partial charge is 0.481 e. The fourth-order valence-electron chi connectivity index (χ4n) is 3.98. The van der Waals surface area contributed by atoms with Crippen molar-refractivity contribution in [3.05, 3.63) is 33.8 Å². The number of hydrogen-bond acceptors (Lipinski definition) is 3. The third kappa shape index (κ3) is 6.09. The minimum Gasteiger partial charge on any atom is -0.481 e. The molecule has 1 fully saturated rings. The van der Waals surface area contributed by atoms with Crippen molar-refractivity contribution in [1.82, 2.24) is 9.80 Å². The average molecular weight is 443 g/mol. The third-order valence-corrected chi connectivity index (χ3v) is 6.85. The summed E-state index contributed by atoms with van der Waals surface area (Å²) in [6, 6.07) is 5.34. The Morgan fingerprint density at radius 1 is 1.24 bits per heavy atom. The van der Waals surface area contributed by atoms with Gasteiger partial charge in [-0.1, -0.05) is 42.6 Å². The lowest BCUT2D eigenvalue weighted by atomic mass is 9.79. The average Bonchev–Trinajstić information content (AvgIpc) is 2.69. The molecule has 1 aliphatic heterocycles. The zero-order valence-electron chi connectivity index (χ0n) is 17.6. The van der Waals surface area contributed by atoms with Crippen LogP contribution >= 0.6 is 23.2 Å². The molecule has 0 bridgehead atoms. The standard InChI is InChI=1S/C22H32Cl2N2O3/c1-4-5-11-26(16(2)27)18-8-12-25(13-9-18)14-10-22(3,21(28)29)17-6-7-19(23)20(24)15-17/h6-7,15,18H,4-5,8-14H2,1-3H3,(H,28,29). The molecule has 0 spiro atoms. The van der Waals surface area contributed by atoms with Crippen LogP contribution in [0.2, 0.25) is 10.0 Å². The molecular weight excluding hydrogens is 411 g/mol. The van der Waals surface area contributed by atoms with Gasteiger partial charge in [0.1, 0.15) is 0 Å². The van der Waals surface area contributed by atoms with Crippen molar-refractivity contribution in [3.63, 3.8) is 0 Å². The van der Waals surface area contributed by atoms with E-state index in [0.29, 0.717) is 28.6 Å². The van der Waals surface area contributed by atoms with E-state index in [1.54, 1.807) is 32.0 Å².